The predicted octanol–water partition coefficient (Wildman–Crippen LogP) is 6.11. The maximum Gasteiger partial charge on any atom is 0.400 e. The second kappa shape index (κ2) is 9.76. The van der Waals surface area contributed by atoms with Gasteiger partial charge in [0.05, 0.1) is 15.1 Å². The fourth-order valence-corrected chi connectivity index (χ4v) is 4.25. The van der Waals surface area contributed by atoms with E-state index >= 15 is 0 Å². The number of nitrogens with one attached hydrogen (secondary N) is 1. The quantitative estimate of drug-likeness (QED) is 0.361. The van der Waals surface area contributed by atoms with Crippen molar-refractivity contribution in [2.45, 2.75) is 44.3 Å². The Hall–Kier alpha value is -1.91. The summed E-state index contributed by atoms with van der Waals surface area (Å²) >= 11 is 17.8. The standard InChI is InChI=1S/C20H18Cl3F5N4O/c1-2-14(33)29-7-10-8-30-18(31-16(10)17(24)25)32-4-3-19(9-32,20(26,27)28)11-5-12(21)15(23)13(22)6-11/h5-6,8,17H,2-4,7,9H2,1H3,(H,29,33). The summed E-state index contributed by atoms with van der Waals surface area (Å²) in [4.78, 5) is 20.4. The van der Waals surface area contributed by atoms with E-state index in [1.54, 1.807) is 6.92 Å². The summed E-state index contributed by atoms with van der Waals surface area (Å²) in [5, 5.41) is 2.13. The van der Waals surface area contributed by atoms with Crippen molar-refractivity contribution in [3.8, 4) is 0 Å². The van der Waals surface area contributed by atoms with Crippen LogP contribution in [0.2, 0.25) is 15.1 Å². The van der Waals surface area contributed by atoms with Gasteiger partial charge < -0.3 is 10.2 Å². The van der Waals surface area contributed by atoms with E-state index in [1.165, 1.54) is 4.90 Å². The highest BCUT2D eigenvalue weighted by molar-refractivity contribution is 6.48. The van der Waals surface area contributed by atoms with Crippen LogP contribution in [-0.4, -0.2) is 35.1 Å². The predicted molar refractivity (Wildman–Crippen MR) is 115 cm³/mol. The number of benzene rings is 1. The molecule has 2 heterocycles. The number of aromatic nitrogens is 2. The number of halogens is 8. The molecular formula is C20H18Cl3F5N4O. The average molecular weight is 532 g/mol. The molecule has 0 spiro atoms. The third kappa shape index (κ3) is 5.12. The lowest BCUT2D eigenvalue weighted by atomic mass is 9.79. The van der Waals surface area contributed by atoms with Crippen LogP contribution in [0.1, 0.15) is 43.0 Å². The van der Waals surface area contributed by atoms with E-state index in [2.05, 4.69) is 15.3 Å². The van der Waals surface area contributed by atoms with Gasteiger partial charge in [-0.1, -0.05) is 41.7 Å². The number of alkyl halides is 5. The van der Waals surface area contributed by atoms with Crippen LogP contribution in [0.5, 0.6) is 0 Å². The van der Waals surface area contributed by atoms with Gasteiger partial charge in [-0.3, -0.25) is 4.79 Å². The smallest absolute Gasteiger partial charge is 0.352 e. The van der Waals surface area contributed by atoms with E-state index in [1.807, 2.05) is 0 Å². The molecule has 5 nitrogen and oxygen atoms in total. The molecule has 1 aliphatic heterocycles. The van der Waals surface area contributed by atoms with Crippen LogP contribution in [0.25, 0.3) is 0 Å². The van der Waals surface area contributed by atoms with Gasteiger partial charge in [0.2, 0.25) is 11.9 Å². The lowest BCUT2D eigenvalue weighted by molar-refractivity contribution is -0.184. The minimum atomic E-state index is -4.71. The van der Waals surface area contributed by atoms with E-state index in [0.29, 0.717) is 0 Å². The van der Waals surface area contributed by atoms with Crippen LogP contribution >= 0.6 is 34.8 Å². The molecule has 1 unspecified atom stereocenters. The Labute approximate surface area is 201 Å². The van der Waals surface area contributed by atoms with Gasteiger partial charge in [-0.05, 0) is 24.1 Å². The minimum Gasteiger partial charge on any atom is -0.352 e. The molecule has 0 saturated carbocycles. The number of hydrogen-bond donors (Lipinski definition) is 1. The molecule has 0 aliphatic carbocycles. The number of amides is 1. The van der Waals surface area contributed by atoms with Crippen LogP contribution in [0.15, 0.2) is 18.3 Å². The normalized spacial score (nSPS) is 18.8. The first-order chi connectivity index (χ1) is 15.4. The molecule has 1 fully saturated rings. The molecular weight excluding hydrogens is 514 g/mol. The highest BCUT2D eigenvalue weighted by Crippen LogP contribution is 2.50. The molecule has 1 N–H and O–H groups in total. The molecule has 2 aromatic rings. The SMILES string of the molecule is CCC(=O)NCc1cnc(N2CCC(c3cc(Cl)c(Cl)c(Cl)c3)(C(F)(F)F)C2)nc1C(F)F. The molecule has 1 atom stereocenters. The first-order valence-electron chi connectivity index (χ1n) is 9.77. The Morgan fingerprint density at radius 3 is 2.42 bits per heavy atom. The molecule has 180 valence electrons. The van der Waals surface area contributed by atoms with Crippen molar-refractivity contribution in [1.29, 1.82) is 0 Å². The van der Waals surface area contributed by atoms with Gasteiger partial charge in [0.1, 0.15) is 11.1 Å². The molecule has 3 rings (SSSR count). The van der Waals surface area contributed by atoms with Gasteiger partial charge in [-0.2, -0.15) is 13.2 Å². The monoisotopic (exact) mass is 530 g/mol. The Kier molecular flexibility index (Phi) is 7.60. The van der Waals surface area contributed by atoms with Crippen molar-refractivity contribution in [3.05, 3.63) is 50.2 Å². The number of hydrogen-bond acceptors (Lipinski definition) is 4. The van der Waals surface area contributed by atoms with Crippen molar-refractivity contribution in [2.24, 2.45) is 0 Å². The van der Waals surface area contributed by atoms with Gasteiger partial charge >= 0.3 is 6.18 Å². The van der Waals surface area contributed by atoms with Crippen LogP contribution < -0.4 is 10.2 Å². The zero-order chi connectivity index (χ0) is 24.6. The van der Waals surface area contributed by atoms with Gasteiger partial charge in [0.15, 0.2) is 0 Å². The molecule has 1 aliphatic rings. The Morgan fingerprint density at radius 1 is 1.24 bits per heavy atom. The summed E-state index contributed by atoms with van der Waals surface area (Å²) in [6, 6.07) is 2.22. The van der Waals surface area contributed by atoms with Crippen LogP contribution in [0.4, 0.5) is 27.9 Å². The number of carbonyl (C=O) groups excluding carboxylic acids is 1. The van der Waals surface area contributed by atoms with Gasteiger partial charge in [0.25, 0.3) is 6.43 Å². The summed E-state index contributed by atoms with van der Waals surface area (Å²) in [7, 11) is 0. The maximum absolute atomic E-state index is 14.3. The molecule has 0 bridgehead atoms. The van der Waals surface area contributed by atoms with E-state index in [-0.39, 0.29) is 57.6 Å². The first-order valence-corrected chi connectivity index (χ1v) is 10.9. The van der Waals surface area contributed by atoms with Crippen molar-refractivity contribution < 1.29 is 26.7 Å². The van der Waals surface area contributed by atoms with E-state index in [4.69, 9.17) is 34.8 Å². The van der Waals surface area contributed by atoms with Gasteiger partial charge in [-0.15, -0.1) is 0 Å². The Bertz CT molecular complexity index is 1030. The molecule has 33 heavy (non-hydrogen) atoms. The summed E-state index contributed by atoms with van der Waals surface area (Å²) in [5.74, 6) is -0.623. The molecule has 1 saturated heterocycles. The van der Waals surface area contributed by atoms with Gasteiger partial charge in [0, 0.05) is 37.8 Å². The highest BCUT2D eigenvalue weighted by Gasteiger charge is 2.59. The fraction of sp³-hybridized carbons (Fsp3) is 0.450. The zero-order valence-corrected chi connectivity index (χ0v) is 19.4. The van der Waals surface area contributed by atoms with Crippen molar-refractivity contribution in [2.75, 3.05) is 18.0 Å². The fourth-order valence-electron chi connectivity index (χ4n) is 3.65. The third-order valence-electron chi connectivity index (χ3n) is 5.52. The second-order valence-corrected chi connectivity index (χ2v) is 8.71. The first kappa shape index (κ1) is 25.7. The van der Waals surface area contributed by atoms with E-state index in [9.17, 15) is 26.7 Å². The summed E-state index contributed by atoms with van der Waals surface area (Å²) in [5.41, 5.74) is -3.25. The largest absolute Gasteiger partial charge is 0.400 e. The average Bonchev–Trinajstić information content (AvgIpc) is 3.22. The topological polar surface area (TPSA) is 58.1 Å². The zero-order valence-electron chi connectivity index (χ0n) is 17.1. The lowest BCUT2D eigenvalue weighted by Gasteiger charge is -2.32. The van der Waals surface area contributed by atoms with Crippen LogP contribution in [-0.2, 0) is 16.8 Å². The number of nitrogens with zero attached hydrogens (tertiary/aromatic N) is 3. The molecule has 13 heteroatoms. The van der Waals surface area contributed by atoms with E-state index in [0.717, 1.165) is 18.3 Å². The number of carbonyl (C=O) groups is 1. The highest BCUT2D eigenvalue weighted by atomic mass is 35.5. The molecule has 1 aromatic heterocycles. The summed E-state index contributed by atoms with van der Waals surface area (Å²) < 4.78 is 70.0. The number of rotatable bonds is 6. The lowest BCUT2D eigenvalue weighted by Crippen LogP contribution is -2.45. The minimum absolute atomic E-state index is 0.0203. The third-order valence-corrected chi connectivity index (χ3v) is 6.72. The van der Waals surface area contributed by atoms with Crippen molar-refractivity contribution in [3.63, 3.8) is 0 Å². The second-order valence-electron chi connectivity index (χ2n) is 7.52. The van der Waals surface area contributed by atoms with Crippen LogP contribution in [0.3, 0.4) is 0 Å². The Morgan fingerprint density at radius 2 is 1.88 bits per heavy atom. The summed E-state index contributed by atoms with van der Waals surface area (Å²) in [6.45, 7) is 0.608. The van der Waals surface area contributed by atoms with E-state index < -0.39 is 36.7 Å². The number of anilines is 1. The Balaban J connectivity index is 1.96. The van der Waals surface area contributed by atoms with Crippen molar-refractivity contribution >= 4 is 46.7 Å². The maximum atomic E-state index is 14.3. The molecule has 0 radical (unpaired) electrons. The van der Waals surface area contributed by atoms with Crippen LogP contribution in [0, 0.1) is 0 Å². The molecule has 1 aromatic carbocycles. The van der Waals surface area contributed by atoms with Gasteiger partial charge in [-0.25, -0.2) is 18.7 Å². The van der Waals surface area contributed by atoms with Crippen molar-refractivity contribution in [1.82, 2.24) is 15.3 Å². The molecule has 1 amide bonds. The summed E-state index contributed by atoms with van der Waals surface area (Å²) in [6.07, 6.45) is -6.87.